The molecule has 2 amide bonds. The Hall–Kier alpha value is -1.31. The number of halogens is 3. The number of alkyl halides is 3. The molecular weight excluding hydrogens is 371 g/mol. The number of fused-ring (bicyclic) bond motifs is 1. The molecule has 0 spiro atoms. The molecule has 28 heavy (non-hydrogen) atoms. The van der Waals surface area contributed by atoms with Gasteiger partial charge in [-0.15, -0.1) is 0 Å². The van der Waals surface area contributed by atoms with E-state index in [9.17, 15) is 22.8 Å². The molecule has 4 fully saturated rings. The molecule has 4 aliphatic rings. The number of piperidine rings is 2. The summed E-state index contributed by atoms with van der Waals surface area (Å²) in [6, 6.07) is 0.0792. The van der Waals surface area contributed by atoms with Crippen LogP contribution < -0.4 is 5.32 Å². The fourth-order valence-electron chi connectivity index (χ4n) is 5.53. The maximum absolute atomic E-state index is 12.6. The number of carbonyl (C=O) groups is 2. The van der Waals surface area contributed by atoms with Gasteiger partial charge in [0.1, 0.15) is 0 Å². The lowest BCUT2D eigenvalue weighted by atomic mass is 9.87. The van der Waals surface area contributed by atoms with Crippen molar-refractivity contribution in [1.29, 1.82) is 0 Å². The molecule has 8 heteroatoms. The van der Waals surface area contributed by atoms with Crippen LogP contribution in [0.3, 0.4) is 0 Å². The first kappa shape index (κ1) is 20.0. The zero-order chi connectivity index (χ0) is 19.9. The third-order valence-corrected chi connectivity index (χ3v) is 7.08. The molecule has 2 unspecified atom stereocenters. The van der Waals surface area contributed by atoms with Crippen LogP contribution in [-0.4, -0.2) is 66.6 Å². The quantitative estimate of drug-likeness (QED) is 0.787. The Labute approximate surface area is 164 Å². The summed E-state index contributed by atoms with van der Waals surface area (Å²) in [5.41, 5.74) is 0. The van der Waals surface area contributed by atoms with Crippen LogP contribution in [0.25, 0.3) is 0 Å². The Balaban J connectivity index is 1.17. The second-order valence-corrected chi connectivity index (χ2v) is 9.11. The number of nitrogens with one attached hydrogen (secondary N) is 1. The largest absolute Gasteiger partial charge is 0.401 e. The van der Waals surface area contributed by atoms with Crippen molar-refractivity contribution in [2.24, 2.45) is 23.7 Å². The highest BCUT2D eigenvalue weighted by molar-refractivity contribution is 5.83. The minimum Gasteiger partial charge on any atom is -0.353 e. The van der Waals surface area contributed by atoms with Crippen molar-refractivity contribution >= 4 is 11.8 Å². The second-order valence-electron chi connectivity index (χ2n) is 9.11. The summed E-state index contributed by atoms with van der Waals surface area (Å²) in [5.74, 6) is 0.507. The van der Waals surface area contributed by atoms with Crippen LogP contribution >= 0.6 is 0 Å². The second kappa shape index (κ2) is 7.84. The molecule has 158 valence electrons. The van der Waals surface area contributed by atoms with Gasteiger partial charge in [-0.05, 0) is 37.5 Å². The number of hydrogen-bond acceptors (Lipinski definition) is 3. The summed E-state index contributed by atoms with van der Waals surface area (Å²) < 4.78 is 37.4. The van der Waals surface area contributed by atoms with E-state index in [4.69, 9.17) is 0 Å². The first-order chi connectivity index (χ1) is 13.3. The number of rotatable bonds is 4. The number of likely N-dealkylation sites (tertiary alicyclic amines) is 2. The first-order valence-electron chi connectivity index (χ1n) is 10.7. The van der Waals surface area contributed by atoms with Gasteiger partial charge in [0, 0.05) is 44.1 Å². The zero-order valence-corrected chi connectivity index (χ0v) is 16.2. The topological polar surface area (TPSA) is 52.7 Å². The van der Waals surface area contributed by atoms with Crippen LogP contribution in [0.5, 0.6) is 0 Å². The number of amides is 2. The number of nitrogens with zero attached hydrogens (tertiary/aromatic N) is 2. The fraction of sp³-hybridized carbons (Fsp3) is 0.900. The highest BCUT2D eigenvalue weighted by Crippen LogP contribution is 2.52. The first-order valence-corrected chi connectivity index (χ1v) is 10.7. The highest BCUT2D eigenvalue weighted by Gasteiger charge is 2.60. The van der Waals surface area contributed by atoms with E-state index in [0.29, 0.717) is 26.2 Å². The number of hydrogen-bond donors (Lipinski definition) is 1. The smallest absolute Gasteiger partial charge is 0.353 e. The lowest BCUT2D eigenvalue weighted by Gasteiger charge is -2.35. The van der Waals surface area contributed by atoms with Gasteiger partial charge in [0.25, 0.3) is 0 Å². The van der Waals surface area contributed by atoms with Crippen LogP contribution in [0.15, 0.2) is 0 Å². The number of carbonyl (C=O) groups excluding carboxylic acids is 2. The molecule has 0 aromatic carbocycles. The van der Waals surface area contributed by atoms with Gasteiger partial charge in [0.15, 0.2) is 0 Å². The Morgan fingerprint density at radius 3 is 2.11 bits per heavy atom. The molecular formula is C20H30F3N3O2. The van der Waals surface area contributed by atoms with E-state index < -0.39 is 12.7 Å². The summed E-state index contributed by atoms with van der Waals surface area (Å²) in [6.45, 7) is 1.25. The Morgan fingerprint density at radius 2 is 1.54 bits per heavy atom. The Bertz CT molecular complexity index is 586. The SMILES string of the molecule is O=C(NC1CCN(C(=O)C2CCCCC2)CC1)C1C2CN(CC(F)(F)F)CC21. The van der Waals surface area contributed by atoms with Gasteiger partial charge in [-0.3, -0.25) is 14.5 Å². The fourth-order valence-corrected chi connectivity index (χ4v) is 5.53. The predicted octanol–water partition coefficient (Wildman–Crippen LogP) is 2.41. The van der Waals surface area contributed by atoms with Crippen molar-refractivity contribution < 1.29 is 22.8 Å². The lowest BCUT2D eigenvalue weighted by molar-refractivity contribution is -0.145. The van der Waals surface area contributed by atoms with Crippen molar-refractivity contribution in [2.45, 2.75) is 57.2 Å². The van der Waals surface area contributed by atoms with Crippen molar-refractivity contribution in [3.8, 4) is 0 Å². The van der Waals surface area contributed by atoms with E-state index in [1.54, 1.807) is 0 Å². The van der Waals surface area contributed by atoms with E-state index in [0.717, 1.165) is 38.5 Å². The molecule has 4 rings (SSSR count). The minimum atomic E-state index is -4.17. The standard InChI is InChI=1S/C20H30F3N3O2/c21-20(22,23)12-25-10-15-16(11-25)17(15)18(27)24-14-6-8-26(9-7-14)19(28)13-4-2-1-3-5-13/h13-17H,1-12H2,(H,24,27). The lowest BCUT2D eigenvalue weighted by Crippen LogP contribution is -2.49. The van der Waals surface area contributed by atoms with Crippen LogP contribution in [-0.2, 0) is 9.59 Å². The minimum absolute atomic E-state index is 0.00119. The molecule has 2 aliphatic carbocycles. The average molecular weight is 401 g/mol. The summed E-state index contributed by atoms with van der Waals surface area (Å²) in [5, 5.41) is 3.09. The Morgan fingerprint density at radius 1 is 0.929 bits per heavy atom. The van der Waals surface area contributed by atoms with Gasteiger partial charge in [0.2, 0.25) is 11.8 Å². The van der Waals surface area contributed by atoms with Gasteiger partial charge in [0.05, 0.1) is 6.54 Å². The molecule has 2 saturated carbocycles. The van der Waals surface area contributed by atoms with E-state index in [2.05, 4.69) is 5.32 Å². The summed E-state index contributed by atoms with van der Waals surface area (Å²) in [6.07, 6.45) is 2.90. The van der Waals surface area contributed by atoms with Crippen LogP contribution in [0.4, 0.5) is 13.2 Å². The van der Waals surface area contributed by atoms with Crippen molar-refractivity contribution in [3.63, 3.8) is 0 Å². The summed E-state index contributed by atoms with van der Waals surface area (Å²) in [7, 11) is 0. The van der Waals surface area contributed by atoms with Crippen molar-refractivity contribution in [3.05, 3.63) is 0 Å². The van der Waals surface area contributed by atoms with Crippen LogP contribution in [0.2, 0.25) is 0 Å². The zero-order valence-electron chi connectivity index (χ0n) is 16.2. The maximum Gasteiger partial charge on any atom is 0.401 e. The third kappa shape index (κ3) is 4.47. The molecule has 0 bridgehead atoms. The molecule has 2 saturated heterocycles. The normalized spacial score (nSPS) is 32.2. The molecule has 0 aromatic heterocycles. The molecule has 5 nitrogen and oxygen atoms in total. The van der Waals surface area contributed by atoms with Crippen molar-refractivity contribution in [2.75, 3.05) is 32.7 Å². The third-order valence-electron chi connectivity index (χ3n) is 7.08. The maximum atomic E-state index is 12.6. The van der Waals surface area contributed by atoms with E-state index >= 15 is 0 Å². The van der Waals surface area contributed by atoms with E-state index in [1.165, 1.54) is 11.3 Å². The molecule has 2 aliphatic heterocycles. The molecule has 2 atom stereocenters. The monoisotopic (exact) mass is 401 g/mol. The van der Waals surface area contributed by atoms with Crippen LogP contribution in [0.1, 0.15) is 44.9 Å². The Kier molecular flexibility index (Phi) is 5.60. The van der Waals surface area contributed by atoms with Gasteiger partial charge < -0.3 is 10.2 Å². The summed E-state index contributed by atoms with van der Waals surface area (Å²) >= 11 is 0. The van der Waals surface area contributed by atoms with Crippen molar-refractivity contribution in [1.82, 2.24) is 15.1 Å². The van der Waals surface area contributed by atoms with E-state index in [-0.39, 0.29) is 41.5 Å². The summed E-state index contributed by atoms with van der Waals surface area (Å²) in [4.78, 5) is 28.5. The highest BCUT2D eigenvalue weighted by atomic mass is 19.4. The molecule has 2 heterocycles. The van der Waals surface area contributed by atoms with Gasteiger partial charge in [-0.25, -0.2) is 0 Å². The molecule has 0 radical (unpaired) electrons. The van der Waals surface area contributed by atoms with Gasteiger partial charge >= 0.3 is 6.18 Å². The molecule has 1 N–H and O–H groups in total. The van der Waals surface area contributed by atoms with Gasteiger partial charge in [-0.1, -0.05) is 19.3 Å². The van der Waals surface area contributed by atoms with E-state index in [1.807, 2.05) is 4.90 Å². The van der Waals surface area contributed by atoms with Gasteiger partial charge in [-0.2, -0.15) is 13.2 Å². The van der Waals surface area contributed by atoms with Crippen LogP contribution in [0, 0.1) is 23.7 Å². The predicted molar refractivity (Wildman–Crippen MR) is 97.3 cm³/mol. The molecule has 0 aromatic rings. The average Bonchev–Trinajstić information content (AvgIpc) is 3.17.